The van der Waals surface area contributed by atoms with Gasteiger partial charge in [-0.3, -0.25) is 0 Å². The highest BCUT2D eigenvalue weighted by Crippen LogP contribution is 2.70. The van der Waals surface area contributed by atoms with Gasteiger partial charge in [0, 0.05) is 18.8 Å². The Morgan fingerprint density at radius 1 is 1.00 bits per heavy atom. The lowest BCUT2D eigenvalue weighted by atomic mass is 9.47. The van der Waals surface area contributed by atoms with Gasteiger partial charge in [0.1, 0.15) is 6.10 Å². The van der Waals surface area contributed by atoms with Gasteiger partial charge in [0.25, 0.3) is 0 Å². The van der Waals surface area contributed by atoms with Crippen LogP contribution in [0.3, 0.4) is 0 Å². The highest BCUT2D eigenvalue weighted by molar-refractivity contribution is 5.89. The molecule has 1 aromatic carbocycles. The summed E-state index contributed by atoms with van der Waals surface area (Å²) >= 11 is 0. The molecule has 4 aliphatic carbocycles. The number of fused-ring (bicyclic) bond motifs is 7. The maximum atomic E-state index is 12.7. The number of esters is 1. The zero-order valence-corrected chi connectivity index (χ0v) is 23.8. The molecule has 4 nitrogen and oxygen atoms in total. The fourth-order valence-electron chi connectivity index (χ4n) is 10.5. The number of carbonyl (C=O) groups excluding carboxylic acids is 1. The van der Waals surface area contributed by atoms with E-state index in [0.717, 1.165) is 50.0 Å². The molecule has 0 bridgehead atoms. The number of hydrogen-bond acceptors (Lipinski definition) is 4. The average Bonchev–Trinajstić information content (AvgIpc) is 3.36. The van der Waals surface area contributed by atoms with Crippen LogP contribution in [0.15, 0.2) is 42.0 Å². The van der Waals surface area contributed by atoms with E-state index in [9.17, 15) is 4.79 Å². The van der Waals surface area contributed by atoms with E-state index < -0.39 is 0 Å². The number of carbonyl (C=O) groups is 1. The molecular formula is C34H46O4. The van der Waals surface area contributed by atoms with Crippen molar-refractivity contribution >= 4 is 5.97 Å². The molecule has 4 heteroatoms. The van der Waals surface area contributed by atoms with Gasteiger partial charge in [-0.15, -0.1) is 0 Å². The van der Waals surface area contributed by atoms with Gasteiger partial charge in [0.15, 0.2) is 5.79 Å². The summed E-state index contributed by atoms with van der Waals surface area (Å²) in [5.74, 6) is 3.46. The second-order valence-corrected chi connectivity index (χ2v) is 14.4. The van der Waals surface area contributed by atoms with E-state index in [2.05, 4.69) is 33.8 Å². The monoisotopic (exact) mass is 518 g/mol. The first kappa shape index (κ1) is 25.3. The zero-order chi connectivity index (χ0) is 26.3. The zero-order valence-electron chi connectivity index (χ0n) is 23.8. The molecular weight excluding hydrogens is 472 g/mol. The fourth-order valence-corrected chi connectivity index (χ4v) is 10.5. The van der Waals surface area contributed by atoms with Gasteiger partial charge in [-0.05, 0) is 97.5 Å². The third-order valence-electron chi connectivity index (χ3n) is 12.6. The van der Waals surface area contributed by atoms with Crippen molar-refractivity contribution in [3.8, 4) is 0 Å². The summed E-state index contributed by atoms with van der Waals surface area (Å²) in [6, 6.07) is 9.45. The third-order valence-corrected chi connectivity index (χ3v) is 12.6. The van der Waals surface area contributed by atoms with Crippen LogP contribution in [0.1, 0.15) is 95.8 Å². The molecule has 6 aliphatic rings. The lowest BCUT2D eigenvalue weighted by Gasteiger charge is -2.58. The number of rotatable bonds is 2. The largest absolute Gasteiger partial charge is 0.458 e. The quantitative estimate of drug-likeness (QED) is 0.299. The summed E-state index contributed by atoms with van der Waals surface area (Å²) in [6.07, 6.45) is 13.3. The second-order valence-electron chi connectivity index (χ2n) is 14.4. The van der Waals surface area contributed by atoms with Gasteiger partial charge < -0.3 is 14.2 Å². The van der Waals surface area contributed by atoms with Crippen molar-refractivity contribution in [3.05, 3.63) is 47.5 Å². The lowest BCUT2D eigenvalue weighted by molar-refractivity contribution is -0.272. The smallest absolute Gasteiger partial charge is 0.338 e. The SMILES string of the molecule is C[C@H]1CCC2(OC1)OC1CC3C4CC=C5CC(OC(=O)c6ccccc6)CC[C@]5(C)C4CC[C@]3(C)C1[C@H]2C. The number of ether oxygens (including phenoxy) is 3. The average molecular weight is 519 g/mol. The Labute approximate surface area is 228 Å². The predicted molar refractivity (Wildman–Crippen MR) is 147 cm³/mol. The van der Waals surface area contributed by atoms with E-state index in [1.807, 2.05) is 30.3 Å². The van der Waals surface area contributed by atoms with E-state index in [4.69, 9.17) is 14.2 Å². The summed E-state index contributed by atoms with van der Waals surface area (Å²) in [6.45, 7) is 10.7. The maximum Gasteiger partial charge on any atom is 0.338 e. The van der Waals surface area contributed by atoms with Crippen molar-refractivity contribution in [2.45, 2.75) is 103 Å². The molecule has 38 heavy (non-hydrogen) atoms. The summed E-state index contributed by atoms with van der Waals surface area (Å²) in [4.78, 5) is 12.7. The van der Waals surface area contributed by atoms with E-state index >= 15 is 0 Å². The highest BCUT2D eigenvalue weighted by atomic mass is 16.7. The number of hydrogen-bond donors (Lipinski definition) is 0. The van der Waals surface area contributed by atoms with Crippen LogP contribution >= 0.6 is 0 Å². The van der Waals surface area contributed by atoms with Gasteiger partial charge in [-0.1, -0.05) is 57.5 Å². The molecule has 7 unspecified atom stereocenters. The number of allylic oxidation sites excluding steroid dienone is 1. The molecule has 1 aromatic rings. The first-order valence-corrected chi connectivity index (χ1v) is 15.5. The Balaban J connectivity index is 1.08. The minimum Gasteiger partial charge on any atom is -0.458 e. The maximum absolute atomic E-state index is 12.7. The van der Waals surface area contributed by atoms with Gasteiger partial charge >= 0.3 is 5.97 Å². The first-order valence-electron chi connectivity index (χ1n) is 15.5. The van der Waals surface area contributed by atoms with Gasteiger partial charge in [0.05, 0.1) is 18.3 Å². The molecule has 2 heterocycles. The predicted octanol–water partition coefficient (Wildman–Crippen LogP) is 7.58. The Morgan fingerprint density at radius 3 is 2.58 bits per heavy atom. The summed E-state index contributed by atoms with van der Waals surface area (Å²) in [5.41, 5.74) is 2.81. The summed E-state index contributed by atoms with van der Waals surface area (Å²) in [7, 11) is 0. The molecule has 0 aromatic heterocycles. The van der Waals surface area contributed by atoms with E-state index in [1.54, 1.807) is 5.57 Å². The summed E-state index contributed by atoms with van der Waals surface area (Å²) < 4.78 is 19.5. The van der Waals surface area contributed by atoms with E-state index in [-0.39, 0.29) is 23.3 Å². The van der Waals surface area contributed by atoms with Crippen LogP contribution in [0.5, 0.6) is 0 Å². The first-order chi connectivity index (χ1) is 18.2. The Kier molecular flexibility index (Phi) is 5.95. The van der Waals surface area contributed by atoms with Crippen LogP contribution in [0, 0.1) is 46.3 Å². The van der Waals surface area contributed by atoms with Gasteiger partial charge in [-0.2, -0.15) is 0 Å². The van der Waals surface area contributed by atoms with E-state index in [0.29, 0.717) is 34.8 Å². The van der Waals surface area contributed by atoms with Crippen LogP contribution < -0.4 is 0 Å². The fraction of sp³-hybridized carbons (Fsp3) is 0.735. The molecule has 7 rings (SSSR count). The Bertz CT molecular complexity index is 1100. The van der Waals surface area contributed by atoms with Crippen molar-refractivity contribution in [2.24, 2.45) is 46.3 Å². The molecule has 0 N–H and O–H groups in total. The van der Waals surface area contributed by atoms with Crippen LogP contribution in [-0.4, -0.2) is 30.6 Å². The van der Waals surface area contributed by atoms with Gasteiger partial charge in [0.2, 0.25) is 0 Å². The third kappa shape index (κ3) is 3.65. The highest BCUT2D eigenvalue weighted by Gasteiger charge is 2.68. The molecule has 0 radical (unpaired) electrons. The van der Waals surface area contributed by atoms with Crippen molar-refractivity contribution in [1.82, 2.24) is 0 Å². The number of benzene rings is 1. The Morgan fingerprint density at radius 2 is 1.82 bits per heavy atom. The summed E-state index contributed by atoms with van der Waals surface area (Å²) in [5, 5.41) is 0. The van der Waals surface area contributed by atoms with Crippen molar-refractivity contribution < 1.29 is 19.0 Å². The van der Waals surface area contributed by atoms with Crippen molar-refractivity contribution in [3.63, 3.8) is 0 Å². The van der Waals surface area contributed by atoms with Crippen molar-refractivity contribution in [2.75, 3.05) is 6.61 Å². The normalized spacial score (nSPS) is 49.4. The van der Waals surface area contributed by atoms with Crippen LogP contribution in [-0.2, 0) is 14.2 Å². The van der Waals surface area contributed by atoms with Crippen LogP contribution in [0.25, 0.3) is 0 Å². The standard InChI is InChI=1S/C34H46O4/c1-21-12-17-34(36-20-21)22(2)30-29(38-34)19-28-26-11-10-24-18-25(37-31(35)23-8-6-5-7-9-23)13-15-32(24,3)27(26)14-16-33(28,30)4/h5-10,21-22,25-30H,11-20H2,1-4H3/t21-,22+,25?,26?,27?,28?,29?,30?,32-,33-,34?/m0/s1. The molecule has 0 amide bonds. The van der Waals surface area contributed by atoms with Crippen LogP contribution in [0.2, 0.25) is 0 Å². The molecule has 3 saturated carbocycles. The van der Waals surface area contributed by atoms with Crippen LogP contribution in [0.4, 0.5) is 0 Å². The Hall–Kier alpha value is -1.65. The van der Waals surface area contributed by atoms with Crippen molar-refractivity contribution in [1.29, 1.82) is 0 Å². The minimum atomic E-state index is -0.326. The lowest BCUT2D eigenvalue weighted by Crippen LogP contribution is -2.52. The topological polar surface area (TPSA) is 44.8 Å². The minimum absolute atomic E-state index is 0.00178. The molecule has 11 atom stereocenters. The second kappa shape index (κ2) is 8.93. The molecule has 1 spiro atoms. The molecule has 2 saturated heterocycles. The van der Waals surface area contributed by atoms with Gasteiger partial charge in [-0.25, -0.2) is 4.79 Å². The molecule has 2 aliphatic heterocycles. The molecule has 206 valence electrons. The molecule has 5 fully saturated rings. The van der Waals surface area contributed by atoms with E-state index in [1.165, 1.54) is 32.1 Å².